The fourth-order valence-electron chi connectivity index (χ4n) is 4.03. The van der Waals surface area contributed by atoms with Gasteiger partial charge in [-0.3, -0.25) is 18.8 Å². The number of hydrogen-bond donors (Lipinski definition) is 2. The first-order valence-electron chi connectivity index (χ1n) is 10.5. The van der Waals surface area contributed by atoms with Crippen LogP contribution in [0.25, 0.3) is 0 Å². The summed E-state index contributed by atoms with van der Waals surface area (Å²) in [6.07, 6.45) is 2.51. The van der Waals surface area contributed by atoms with Crippen LogP contribution in [0.2, 0.25) is 5.02 Å². The van der Waals surface area contributed by atoms with Gasteiger partial charge in [0.15, 0.2) is 5.69 Å². The Labute approximate surface area is 199 Å². The van der Waals surface area contributed by atoms with Gasteiger partial charge in [0.25, 0.3) is 11.5 Å². The maximum absolute atomic E-state index is 12.9. The average Bonchev–Trinajstić information content (AvgIpc) is 3.42. The Kier molecular flexibility index (Phi) is 6.25. The first-order chi connectivity index (χ1) is 16.2. The van der Waals surface area contributed by atoms with Crippen LogP contribution in [0.1, 0.15) is 52.1 Å². The number of nitrogens with one attached hydrogen (secondary N) is 1. The van der Waals surface area contributed by atoms with Gasteiger partial charge in [0.2, 0.25) is 5.75 Å². The molecule has 0 spiro atoms. The fourth-order valence-corrected chi connectivity index (χ4v) is 4.27. The van der Waals surface area contributed by atoms with Crippen LogP contribution in [-0.4, -0.2) is 35.5 Å². The highest BCUT2D eigenvalue weighted by Crippen LogP contribution is 2.37. The van der Waals surface area contributed by atoms with E-state index in [1.165, 1.54) is 24.1 Å². The van der Waals surface area contributed by atoms with E-state index < -0.39 is 34.9 Å². The Hall–Kier alpha value is -3.92. The van der Waals surface area contributed by atoms with Crippen molar-refractivity contribution >= 4 is 23.2 Å². The van der Waals surface area contributed by atoms with E-state index >= 15 is 0 Å². The van der Waals surface area contributed by atoms with E-state index in [1.807, 2.05) is 49.7 Å². The van der Waals surface area contributed by atoms with Crippen LogP contribution in [0.4, 0.5) is 5.69 Å². The molecule has 11 heteroatoms. The summed E-state index contributed by atoms with van der Waals surface area (Å²) >= 11 is 6.57. The topological polar surface area (TPSA) is 128 Å². The van der Waals surface area contributed by atoms with Crippen LogP contribution >= 0.6 is 11.6 Å². The monoisotopic (exact) mass is 482 g/mol. The number of aromatic nitrogens is 5. The van der Waals surface area contributed by atoms with Gasteiger partial charge < -0.3 is 14.9 Å². The number of halogens is 1. The Morgan fingerprint density at radius 3 is 2.62 bits per heavy atom. The zero-order valence-corrected chi connectivity index (χ0v) is 19.7. The number of nitrogens with zero attached hydrogens (tertiary/aromatic N) is 5. The summed E-state index contributed by atoms with van der Waals surface area (Å²) in [6, 6.07) is 8.86. The number of amides is 1. The second kappa shape index (κ2) is 9.14. The lowest BCUT2D eigenvalue weighted by Crippen LogP contribution is -2.31. The highest BCUT2D eigenvalue weighted by molar-refractivity contribution is 6.31. The van der Waals surface area contributed by atoms with Crippen LogP contribution < -0.4 is 10.9 Å². The zero-order valence-electron chi connectivity index (χ0n) is 19.0. The lowest BCUT2D eigenvalue weighted by molar-refractivity contribution is 0.101. The van der Waals surface area contributed by atoms with Crippen molar-refractivity contribution in [2.24, 2.45) is 7.05 Å². The summed E-state index contributed by atoms with van der Waals surface area (Å²) in [7, 11) is 1.49. The van der Waals surface area contributed by atoms with Crippen molar-refractivity contribution in [1.29, 1.82) is 0 Å². The zero-order chi connectivity index (χ0) is 24.6. The average molecular weight is 483 g/mol. The maximum atomic E-state index is 12.9. The molecular formula is C23H23ClN6O4. The molecule has 34 heavy (non-hydrogen) atoms. The third-order valence-electron chi connectivity index (χ3n) is 5.62. The predicted molar refractivity (Wildman–Crippen MR) is 125 cm³/mol. The molecule has 1 amide bonds. The molecule has 0 aliphatic rings. The molecule has 0 saturated heterocycles. The number of carbonyl (C=O) groups is 1. The van der Waals surface area contributed by atoms with Gasteiger partial charge in [-0.2, -0.15) is 5.10 Å². The molecule has 10 nitrogen and oxygen atoms in total. The molecule has 3 aromatic heterocycles. The van der Waals surface area contributed by atoms with E-state index in [9.17, 15) is 14.7 Å². The van der Waals surface area contributed by atoms with Crippen molar-refractivity contribution in [3.63, 3.8) is 0 Å². The van der Waals surface area contributed by atoms with E-state index in [2.05, 4.69) is 20.6 Å². The normalized spacial score (nSPS) is 13.0. The maximum Gasteiger partial charge on any atom is 0.296 e. The molecule has 2 atom stereocenters. The Balaban J connectivity index is 1.86. The van der Waals surface area contributed by atoms with Gasteiger partial charge in [0, 0.05) is 23.7 Å². The Morgan fingerprint density at radius 2 is 2.00 bits per heavy atom. The minimum atomic E-state index is -0.771. The molecule has 4 aromatic rings. The van der Waals surface area contributed by atoms with Crippen molar-refractivity contribution in [2.75, 3.05) is 5.32 Å². The highest BCUT2D eigenvalue weighted by Gasteiger charge is 2.31. The largest absolute Gasteiger partial charge is 0.501 e. The predicted octanol–water partition coefficient (Wildman–Crippen LogP) is 3.59. The smallest absolute Gasteiger partial charge is 0.296 e. The lowest BCUT2D eigenvalue weighted by Gasteiger charge is -2.28. The number of rotatable bonds is 6. The van der Waals surface area contributed by atoms with Gasteiger partial charge >= 0.3 is 0 Å². The summed E-state index contributed by atoms with van der Waals surface area (Å²) in [4.78, 5) is 30.1. The number of benzene rings is 1. The summed E-state index contributed by atoms with van der Waals surface area (Å²) in [5.74, 6) is -1.73. The van der Waals surface area contributed by atoms with Gasteiger partial charge in [-0.25, -0.2) is 4.98 Å². The minimum Gasteiger partial charge on any atom is -0.501 e. The molecule has 0 radical (unpaired) electrons. The fraction of sp³-hybridized carbons (Fsp3) is 0.261. The molecule has 176 valence electrons. The third-order valence-corrected chi connectivity index (χ3v) is 5.96. The van der Waals surface area contributed by atoms with Crippen molar-refractivity contribution < 1.29 is 14.4 Å². The first-order valence-corrected chi connectivity index (χ1v) is 10.8. The van der Waals surface area contributed by atoms with Crippen LogP contribution in [0.3, 0.4) is 0 Å². The van der Waals surface area contributed by atoms with Crippen molar-refractivity contribution in [3.8, 4) is 5.75 Å². The van der Waals surface area contributed by atoms with E-state index in [1.54, 1.807) is 6.07 Å². The number of anilines is 1. The van der Waals surface area contributed by atoms with Crippen LogP contribution in [-0.2, 0) is 7.05 Å². The van der Waals surface area contributed by atoms with Crippen molar-refractivity contribution in [3.05, 3.63) is 86.6 Å². The van der Waals surface area contributed by atoms with Crippen LogP contribution in [0.15, 0.2) is 52.1 Å². The number of carbonyl (C=O) groups excluding carboxylic acids is 1. The molecule has 0 aliphatic heterocycles. The van der Waals surface area contributed by atoms with E-state index in [4.69, 9.17) is 16.1 Å². The van der Waals surface area contributed by atoms with Gasteiger partial charge in [-0.05, 0) is 31.5 Å². The lowest BCUT2D eigenvalue weighted by atomic mass is 9.93. The van der Waals surface area contributed by atoms with Gasteiger partial charge in [-0.15, -0.1) is 0 Å². The quantitative estimate of drug-likeness (QED) is 0.429. The van der Waals surface area contributed by atoms with Gasteiger partial charge in [0.05, 0.1) is 17.9 Å². The molecule has 3 heterocycles. The standard InChI is InChI=1S/C23H23ClN6O4/c1-12-9-13(2)30(28-12)19(16-7-5-6-8-17(16)24)14(3)21-27-18(20(31)23(33)29(21)4)22(32)26-15-10-25-34-11-15/h5-11,14,19,31H,1-4H3,(H,26,32)/t14-,19+/m0/s1. The third kappa shape index (κ3) is 4.19. The summed E-state index contributed by atoms with van der Waals surface area (Å²) in [5.41, 5.74) is 1.60. The number of aromatic hydroxyl groups is 1. The first kappa shape index (κ1) is 23.2. The van der Waals surface area contributed by atoms with Crippen molar-refractivity contribution in [2.45, 2.75) is 32.7 Å². The molecule has 1 aromatic carbocycles. The van der Waals surface area contributed by atoms with Gasteiger partial charge in [0.1, 0.15) is 17.8 Å². The molecule has 2 N–H and O–H groups in total. The molecule has 4 rings (SSSR count). The van der Waals surface area contributed by atoms with E-state index in [0.29, 0.717) is 5.02 Å². The highest BCUT2D eigenvalue weighted by atomic mass is 35.5. The van der Waals surface area contributed by atoms with E-state index in [-0.39, 0.29) is 11.5 Å². The van der Waals surface area contributed by atoms with Crippen LogP contribution in [0.5, 0.6) is 5.75 Å². The van der Waals surface area contributed by atoms with E-state index in [0.717, 1.165) is 17.0 Å². The Bertz CT molecular complexity index is 1410. The second-order valence-corrected chi connectivity index (χ2v) is 8.43. The molecule has 0 saturated carbocycles. The minimum absolute atomic E-state index is 0.262. The number of aryl methyl sites for hydroxylation is 2. The van der Waals surface area contributed by atoms with Crippen LogP contribution in [0, 0.1) is 13.8 Å². The molecule has 0 bridgehead atoms. The Morgan fingerprint density at radius 1 is 1.26 bits per heavy atom. The molecule has 0 aliphatic carbocycles. The summed E-state index contributed by atoms with van der Waals surface area (Å²) < 4.78 is 7.76. The van der Waals surface area contributed by atoms with Gasteiger partial charge in [-0.1, -0.05) is 41.9 Å². The molecular weight excluding hydrogens is 460 g/mol. The summed E-state index contributed by atoms with van der Waals surface area (Å²) in [5, 5.41) is 21.6. The second-order valence-electron chi connectivity index (χ2n) is 8.03. The SMILES string of the molecule is Cc1cc(C)n([C@@H](c2ccccc2Cl)[C@H](C)c2nc(C(=O)Nc3cnoc3)c(O)c(=O)n2C)n1. The summed E-state index contributed by atoms with van der Waals surface area (Å²) in [6.45, 7) is 5.68. The number of hydrogen-bond acceptors (Lipinski definition) is 7. The molecule has 0 unspecified atom stereocenters. The molecule has 0 fully saturated rings. The van der Waals surface area contributed by atoms with Crippen molar-refractivity contribution in [1.82, 2.24) is 24.5 Å².